The molecule has 0 saturated carbocycles. The summed E-state index contributed by atoms with van der Waals surface area (Å²) in [5.74, 6) is 0. The molecule has 29 heavy (non-hydrogen) atoms. The highest BCUT2D eigenvalue weighted by molar-refractivity contribution is 7.80. The summed E-state index contributed by atoms with van der Waals surface area (Å²) in [7, 11) is 3.64. The van der Waals surface area contributed by atoms with Gasteiger partial charge in [0.25, 0.3) is 0 Å². The lowest BCUT2D eigenvalue weighted by molar-refractivity contribution is -0.137. The third kappa shape index (κ3) is 6.19. The van der Waals surface area contributed by atoms with Crippen LogP contribution in [0, 0.1) is 11.3 Å². The Morgan fingerprint density at radius 3 is 2.38 bits per heavy atom. The molecule has 0 spiro atoms. The summed E-state index contributed by atoms with van der Waals surface area (Å²) in [6.07, 6.45) is -1.97. The fourth-order valence-electron chi connectivity index (χ4n) is 3.05. The summed E-state index contributed by atoms with van der Waals surface area (Å²) in [6, 6.07) is 7.38. The number of nitriles is 1. The van der Waals surface area contributed by atoms with Crippen molar-refractivity contribution in [3.63, 3.8) is 0 Å². The second kappa shape index (κ2) is 9.74. The minimum atomic E-state index is -4.34. The Morgan fingerprint density at radius 1 is 1.17 bits per heavy atom. The molecule has 5 nitrogen and oxygen atoms in total. The number of thiocarbonyl (C=S) groups is 1. The van der Waals surface area contributed by atoms with Gasteiger partial charge in [0.2, 0.25) is 0 Å². The highest BCUT2D eigenvalue weighted by Crippen LogP contribution is 2.30. The van der Waals surface area contributed by atoms with E-state index in [1.165, 1.54) is 12.1 Å². The number of allylic oxidation sites excluding steroid dienone is 1. The van der Waals surface area contributed by atoms with Crippen molar-refractivity contribution in [2.24, 2.45) is 4.99 Å². The van der Waals surface area contributed by atoms with E-state index in [0.717, 1.165) is 43.0 Å². The first-order chi connectivity index (χ1) is 13.6. The first kappa shape index (κ1) is 22.7. The van der Waals surface area contributed by atoms with Crippen LogP contribution in [0.15, 0.2) is 40.5 Å². The van der Waals surface area contributed by atoms with Gasteiger partial charge in [0.05, 0.1) is 11.9 Å². The average Bonchev–Trinajstić information content (AvgIpc) is 2.92. The smallest absolute Gasteiger partial charge is 0.372 e. The van der Waals surface area contributed by atoms with Crippen LogP contribution in [0.25, 0.3) is 0 Å². The predicted octanol–water partition coefficient (Wildman–Crippen LogP) is 3.93. The van der Waals surface area contributed by atoms with Crippen molar-refractivity contribution in [1.82, 2.24) is 9.80 Å². The van der Waals surface area contributed by atoms with Gasteiger partial charge in [0, 0.05) is 51.7 Å². The van der Waals surface area contributed by atoms with Crippen molar-refractivity contribution in [2.75, 3.05) is 45.2 Å². The first-order valence-electron chi connectivity index (χ1n) is 9.16. The molecule has 1 aliphatic heterocycles. The summed E-state index contributed by atoms with van der Waals surface area (Å²) >= 11 is 5.28. The largest absolute Gasteiger partial charge is 0.416 e. The Morgan fingerprint density at radius 2 is 1.83 bits per heavy atom. The number of alkyl halides is 3. The number of hydrogen-bond acceptors (Lipinski definition) is 4. The maximum Gasteiger partial charge on any atom is 0.416 e. The number of anilines is 1. The molecule has 0 amide bonds. The standard InChI is InChI=1S/C20H24F3N5S/c1-15(18(13-24)19(29)25-14-26(2)3)27-9-4-10-28(12-11-27)17-7-5-16(6-8-17)20(21,22)23/h5-8,14H,4,9-12H2,1-3H3. The third-order valence-corrected chi connectivity index (χ3v) is 4.93. The zero-order valence-electron chi connectivity index (χ0n) is 16.7. The molecule has 2 rings (SSSR count). The molecule has 0 unspecified atom stereocenters. The number of halogens is 3. The first-order valence-corrected chi connectivity index (χ1v) is 9.57. The Labute approximate surface area is 174 Å². The number of nitrogens with zero attached hydrogens (tertiary/aromatic N) is 5. The maximum absolute atomic E-state index is 12.8. The van der Waals surface area contributed by atoms with Crippen LogP contribution in [0.4, 0.5) is 18.9 Å². The van der Waals surface area contributed by atoms with Gasteiger partial charge in [-0.15, -0.1) is 0 Å². The fraction of sp³-hybridized carbons (Fsp3) is 0.450. The summed E-state index contributed by atoms with van der Waals surface area (Å²) < 4.78 is 38.3. The highest BCUT2D eigenvalue weighted by Gasteiger charge is 2.30. The Balaban J connectivity index is 2.12. The third-order valence-electron chi connectivity index (χ3n) is 4.62. The lowest BCUT2D eigenvalue weighted by Gasteiger charge is -2.26. The van der Waals surface area contributed by atoms with Gasteiger partial charge in [0.15, 0.2) is 0 Å². The van der Waals surface area contributed by atoms with Gasteiger partial charge >= 0.3 is 6.18 Å². The second-order valence-electron chi connectivity index (χ2n) is 6.96. The molecule has 1 aliphatic rings. The zero-order chi connectivity index (χ0) is 21.6. The fourth-order valence-corrected chi connectivity index (χ4v) is 3.29. The van der Waals surface area contributed by atoms with Crippen LogP contribution in [-0.4, -0.2) is 61.4 Å². The maximum atomic E-state index is 12.8. The van der Waals surface area contributed by atoms with Crippen molar-refractivity contribution in [2.45, 2.75) is 19.5 Å². The van der Waals surface area contributed by atoms with Crippen LogP contribution in [0.1, 0.15) is 18.9 Å². The number of rotatable bonds is 4. The molecule has 1 aromatic carbocycles. The van der Waals surface area contributed by atoms with Crippen LogP contribution in [-0.2, 0) is 6.18 Å². The SMILES string of the molecule is CC(=C(C#N)C(=S)N=CN(C)C)N1CCCN(c2ccc(C(F)(F)F)cc2)CC1. The van der Waals surface area contributed by atoms with Gasteiger partial charge < -0.3 is 14.7 Å². The minimum Gasteiger partial charge on any atom is -0.372 e. The quantitative estimate of drug-likeness (QED) is 0.241. The normalized spacial score (nSPS) is 16.3. The molecule has 0 aliphatic carbocycles. The minimum absolute atomic E-state index is 0.238. The molecule has 0 aromatic heterocycles. The molecule has 156 valence electrons. The summed E-state index contributed by atoms with van der Waals surface area (Å²) in [6.45, 7) is 4.57. The van der Waals surface area contributed by atoms with E-state index in [1.54, 1.807) is 11.2 Å². The molecule has 0 radical (unpaired) electrons. The number of aliphatic imine (C=N–C) groups is 1. The van der Waals surface area contributed by atoms with Crippen molar-refractivity contribution in [3.8, 4) is 6.07 Å². The van der Waals surface area contributed by atoms with Crippen molar-refractivity contribution in [1.29, 1.82) is 5.26 Å². The van der Waals surface area contributed by atoms with E-state index in [9.17, 15) is 18.4 Å². The van der Waals surface area contributed by atoms with Crippen molar-refractivity contribution >= 4 is 29.2 Å². The molecule has 1 fully saturated rings. The molecule has 1 heterocycles. The Hall–Kier alpha value is -2.60. The molecule has 9 heteroatoms. The van der Waals surface area contributed by atoms with Gasteiger partial charge in [-0.1, -0.05) is 12.2 Å². The Bertz CT molecular complexity index is 822. The van der Waals surface area contributed by atoms with Crippen LogP contribution in [0.3, 0.4) is 0 Å². The van der Waals surface area contributed by atoms with Gasteiger partial charge in [-0.3, -0.25) is 0 Å². The summed E-state index contributed by atoms with van der Waals surface area (Å²) in [5.41, 5.74) is 1.23. The monoisotopic (exact) mass is 423 g/mol. The van der Waals surface area contributed by atoms with Crippen molar-refractivity contribution in [3.05, 3.63) is 41.1 Å². The molecule has 0 bridgehead atoms. The zero-order valence-corrected chi connectivity index (χ0v) is 17.5. The van der Waals surface area contributed by atoms with Gasteiger partial charge in [-0.2, -0.15) is 18.4 Å². The van der Waals surface area contributed by atoms with Crippen LogP contribution in [0.5, 0.6) is 0 Å². The van der Waals surface area contributed by atoms with Gasteiger partial charge in [-0.05, 0) is 37.6 Å². The van der Waals surface area contributed by atoms with Crippen LogP contribution in [0.2, 0.25) is 0 Å². The molecular weight excluding hydrogens is 399 g/mol. The van der Waals surface area contributed by atoms with E-state index in [0.29, 0.717) is 18.7 Å². The molecular formula is C20H24F3N5S. The van der Waals surface area contributed by atoms with Crippen LogP contribution < -0.4 is 4.90 Å². The van der Waals surface area contributed by atoms with E-state index < -0.39 is 11.7 Å². The van der Waals surface area contributed by atoms with Crippen LogP contribution >= 0.6 is 12.2 Å². The summed E-state index contributed by atoms with van der Waals surface area (Å²) in [5, 5.41) is 9.54. The van der Waals surface area contributed by atoms with Gasteiger partial charge in [0.1, 0.15) is 16.6 Å². The van der Waals surface area contributed by atoms with E-state index in [-0.39, 0.29) is 4.99 Å². The van der Waals surface area contributed by atoms with Crippen molar-refractivity contribution < 1.29 is 13.2 Å². The molecule has 1 saturated heterocycles. The van der Waals surface area contributed by atoms with E-state index in [1.807, 2.05) is 21.0 Å². The highest BCUT2D eigenvalue weighted by atomic mass is 32.1. The van der Waals surface area contributed by atoms with E-state index in [2.05, 4.69) is 20.9 Å². The number of benzene rings is 1. The second-order valence-corrected chi connectivity index (χ2v) is 7.34. The Kier molecular flexibility index (Phi) is 7.62. The van der Waals surface area contributed by atoms with E-state index >= 15 is 0 Å². The van der Waals surface area contributed by atoms with E-state index in [4.69, 9.17) is 12.2 Å². The summed E-state index contributed by atoms with van der Waals surface area (Å²) in [4.78, 5) is 10.3. The molecule has 0 atom stereocenters. The van der Waals surface area contributed by atoms with Gasteiger partial charge in [-0.25, -0.2) is 4.99 Å². The average molecular weight is 424 g/mol. The number of hydrogen-bond donors (Lipinski definition) is 0. The lowest BCUT2D eigenvalue weighted by Crippen LogP contribution is -2.30. The predicted molar refractivity (Wildman–Crippen MR) is 113 cm³/mol. The molecule has 1 aromatic rings. The molecule has 0 N–H and O–H groups in total. The lowest BCUT2D eigenvalue weighted by atomic mass is 10.2. The topological polar surface area (TPSA) is 45.9 Å².